The van der Waals surface area contributed by atoms with Gasteiger partial charge in [-0.3, -0.25) is 14.3 Å². The maximum absolute atomic E-state index is 14.5. The van der Waals surface area contributed by atoms with Crippen LogP contribution in [0.1, 0.15) is 182 Å². The number of rotatable bonds is 20. The van der Waals surface area contributed by atoms with Crippen LogP contribution in [-0.2, 0) is 40.5 Å². The number of aromatic nitrogens is 16. The van der Waals surface area contributed by atoms with Crippen LogP contribution in [0.2, 0.25) is 0 Å². The van der Waals surface area contributed by atoms with E-state index < -0.39 is 51.1 Å². The number of fused-ring (bicyclic) bond motifs is 15. The first-order valence-electron chi connectivity index (χ1n) is 38.6. The van der Waals surface area contributed by atoms with Crippen LogP contribution in [0.4, 0.5) is 49.4 Å². The molecule has 8 atom stereocenters. The van der Waals surface area contributed by atoms with E-state index in [1.165, 1.54) is 54.6 Å². The molecule has 6 bridgehead atoms. The van der Waals surface area contributed by atoms with Crippen molar-refractivity contribution in [3.63, 3.8) is 0 Å². The van der Waals surface area contributed by atoms with Crippen molar-refractivity contribution in [2.45, 2.75) is 161 Å². The number of nitrogens with one attached hydrogen (secondary N) is 2. The lowest BCUT2D eigenvalue weighted by Gasteiger charge is -2.37. The van der Waals surface area contributed by atoms with E-state index in [-0.39, 0.29) is 98.6 Å². The largest absolute Gasteiger partial charge is 0.396 e. The van der Waals surface area contributed by atoms with Crippen LogP contribution < -0.4 is 10.6 Å². The molecule has 0 spiro atoms. The summed E-state index contributed by atoms with van der Waals surface area (Å²) in [6, 6.07) is 28.7. The first-order valence-corrected chi connectivity index (χ1v) is 38.6. The van der Waals surface area contributed by atoms with Crippen LogP contribution in [0.25, 0.3) is 45.0 Å². The molecule has 584 valence electrons. The molecule has 6 aliphatic rings. The third-order valence-corrected chi connectivity index (χ3v) is 25.4. The maximum Gasteiger partial charge on any atom is 0.135 e. The number of aryl methyl sites for hydroxylation is 1. The molecule has 3 aromatic carbocycles. The van der Waals surface area contributed by atoms with Gasteiger partial charge >= 0.3 is 0 Å². The normalized spacial score (nSPS) is 21.6. The van der Waals surface area contributed by atoms with Gasteiger partial charge in [0.15, 0.2) is 0 Å². The highest BCUT2D eigenvalue weighted by Gasteiger charge is 2.68. The smallest absolute Gasteiger partial charge is 0.135 e. The first kappa shape index (κ1) is 76.5. The van der Waals surface area contributed by atoms with Crippen LogP contribution in [0.15, 0.2) is 159 Å². The number of Topliss-reactive ketones (excluding diaryl/α,β-unsaturated/α-hetero) is 1. The van der Waals surface area contributed by atoms with Gasteiger partial charge in [-0.25, -0.2) is 51.3 Å². The number of aliphatic hydroxyl groups is 2. The highest BCUT2D eigenvalue weighted by Crippen LogP contribution is 2.72. The zero-order valence-corrected chi connectivity index (χ0v) is 64.6. The number of pyridine rings is 2. The van der Waals surface area contributed by atoms with Gasteiger partial charge in [0.1, 0.15) is 58.1 Å². The Morgan fingerprint density at radius 1 is 0.474 bits per heavy atom. The van der Waals surface area contributed by atoms with Crippen molar-refractivity contribution in [2.75, 3.05) is 23.8 Å². The van der Waals surface area contributed by atoms with Gasteiger partial charge in [-0.2, -0.15) is 25.5 Å². The molecule has 6 aliphatic carbocycles. The number of hydrogen-bond acceptors (Lipinski definition) is 19. The summed E-state index contributed by atoms with van der Waals surface area (Å²) < 4.78 is 90.8. The van der Waals surface area contributed by atoms with Crippen molar-refractivity contribution < 1.29 is 41.4 Å². The lowest BCUT2D eigenvalue weighted by molar-refractivity contribution is -0.117. The van der Waals surface area contributed by atoms with Crippen molar-refractivity contribution in [1.29, 1.82) is 0 Å². The molecule has 0 aliphatic heterocycles. The zero-order valence-electron chi connectivity index (χ0n) is 64.6. The lowest BCUT2D eigenvalue weighted by atomic mass is 9.66. The topological polar surface area (TPSA) is 272 Å². The van der Waals surface area contributed by atoms with Gasteiger partial charge in [0.25, 0.3) is 0 Å². The van der Waals surface area contributed by atoms with Gasteiger partial charge in [0.05, 0.1) is 120 Å². The molecule has 0 radical (unpaired) electrons. The van der Waals surface area contributed by atoms with Crippen molar-refractivity contribution in [1.82, 2.24) is 80.1 Å². The second kappa shape index (κ2) is 29.5. The summed E-state index contributed by atoms with van der Waals surface area (Å²) in [4.78, 5) is 39.7. The molecule has 9 heterocycles. The lowest BCUT2D eigenvalue weighted by Crippen LogP contribution is -2.38. The molecule has 3 saturated carbocycles. The van der Waals surface area contributed by atoms with E-state index in [1.807, 2.05) is 74.8 Å². The average molecular weight is 1550 g/mol. The Morgan fingerprint density at radius 2 is 0.842 bits per heavy atom. The van der Waals surface area contributed by atoms with E-state index in [4.69, 9.17) is 15.0 Å². The molecule has 0 amide bonds. The molecule has 18 rings (SSSR count). The van der Waals surface area contributed by atoms with Gasteiger partial charge in [0, 0.05) is 75.7 Å². The molecule has 3 fully saturated rings. The summed E-state index contributed by atoms with van der Waals surface area (Å²) in [5.74, 6) is -1.13. The summed E-state index contributed by atoms with van der Waals surface area (Å²) in [7, 11) is 0. The molecule has 114 heavy (non-hydrogen) atoms. The number of ketones is 1. The second-order valence-corrected chi connectivity index (χ2v) is 33.0. The number of hydrogen-bond donors (Lipinski definition) is 4. The quantitative estimate of drug-likeness (QED) is 0.0516. The van der Waals surface area contributed by atoms with Crippen LogP contribution >= 0.6 is 0 Å². The summed E-state index contributed by atoms with van der Waals surface area (Å²) in [6.45, 7) is 20.2. The molecule has 0 saturated heterocycles. The number of anilines is 4. The second-order valence-electron chi connectivity index (χ2n) is 33.0. The van der Waals surface area contributed by atoms with E-state index in [2.05, 4.69) is 108 Å². The van der Waals surface area contributed by atoms with Gasteiger partial charge < -0.3 is 25.6 Å². The monoisotopic (exact) mass is 1540 g/mol. The highest BCUT2D eigenvalue weighted by molar-refractivity contribution is 5.75. The fourth-order valence-corrected chi connectivity index (χ4v) is 19.5. The number of benzene rings is 3. The highest BCUT2D eigenvalue weighted by atomic mass is 19.2. The fraction of sp³-hybridized carbons (Fsp3) is 0.368. The Labute approximate surface area is 655 Å². The number of aliphatic hydroxyl groups excluding tert-OH is 2. The molecule has 9 aromatic heterocycles. The summed E-state index contributed by atoms with van der Waals surface area (Å²) in [5, 5.41) is 60.9. The number of nitrogens with zero attached hydrogens (tertiary/aromatic N) is 16. The van der Waals surface area contributed by atoms with Crippen molar-refractivity contribution in [3.8, 4) is 45.0 Å². The van der Waals surface area contributed by atoms with Gasteiger partial charge in [0.2, 0.25) is 0 Å². The van der Waals surface area contributed by atoms with Crippen LogP contribution in [0.5, 0.6) is 0 Å². The Bertz CT molecular complexity index is 5410. The minimum absolute atomic E-state index is 0.0964. The van der Waals surface area contributed by atoms with E-state index in [0.29, 0.717) is 49.1 Å². The fourth-order valence-electron chi connectivity index (χ4n) is 19.5. The zero-order chi connectivity index (χ0) is 80.0. The molecular weight excluding hydrogens is 1460 g/mol. The van der Waals surface area contributed by atoms with E-state index in [1.54, 1.807) is 59.5 Å². The first-order chi connectivity index (χ1) is 54.7. The number of carbonyl (C=O) groups excluding carboxylic acids is 1. The van der Waals surface area contributed by atoms with E-state index >= 15 is 0 Å². The summed E-state index contributed by atoms with van der Waals surface area (Å²) >= 11 is 0. The minimum Gasteiger partial charge on any atom is -0.396 e. The predicted molar refractivity (Wildman–Crippen MR) is 416 cm³/mol. The van der Waals surface area contributed by atoms with Crippen LogP contribution in [-0.4, -0.2) is 109 Å². The third kappa shape index (κ3) is 12.8. The molecule has 21 nitrogen and oxygen atoms in total. The molecular formula is C87H86F6N18O3. The van der Waals surface area contributed by atoms with Crippen molar-refractivity contribution >= 4 is 28.8 Å². The average Bonchev–Trinajstić information content (AvgIpc) is 1.53. The van der Waals surface area contributed by atoms with Gasteiger partial charge in [-0.15, -0.1) is 15.3 Å². The van der Waals surface area contributed by atoms with Crippen molar-refractivity contribution in [2.24, 2.45) is 28.1 Å². The number of halogens is 6. The SMILES string of the molecule is CC(=O)CCc1ncc(-c2cncc([C@@]34CC[C@@H](c5cc(-c6c(F)cccc6F)nnc53)C4(C)C)n2)cn1.C[C@@H](CO)Cn1cc(Nc2cccc([C@@]34CC[C@@H](c5cc(-c6c(F)cccc6F)nnc53)C4(C)C)n2)cn1.C[C@H](CO)Cn1cc(Nc2cccc([C@@]34CC[C@@H](c5cc(-c6c(F)cccc6F)nnc53)C4(C)C)n2)cn1. The Morgan fingerprint density at radius 3 is 1.21 bits per heavy atom. The Balaban J connectivity index is 0.000000129. The standard InChI is InChI=1S/2C29H30F2N6O.C29H26F2N6O/c2*1-17(16-38)14-37-15-18(13-32-37)33-25-9-5-8-24(34-25)29-11-10-20(28(29,2)3)19-12-23(35-36-27(19)29)26-21(30)6-4-7-22(26)31;1-16(38)7-8-25-33-12-17(13-34-25)23-14-32-15-24(35-23)29-10-9-19(28(29,2)3)18-11-22(36-37-27(18)29)26-20(30)5-4-6-21(26)31/h2*4-9,12-13,15,17,20,38H,10-11,14,16H2,1-3H3,(H,33,34);4-6,11-15,19H,7-10H2,1-3H3/t17-,20+,29+;17-,20-,29-;19-,29-/m100/s1. The van der Waals surface area contributed by atoms with E-state index in [0.717, 1.165) is 106 Å². The Kier molecular flexibility index (Phi) is 19.8. The maximum atomic E-state index is 14.5. The predicted octanol–water partition coefficient (Wildman–Crippen LogP) is 16.6. The Hall–Kier alpha value is -11.5. The van der Waals surface area contributed by atoms with E-state index in [9.17, 15) is 41.4 Å². The molecule has 4 N–H and O–H groups in total. The molecule has 27 heteroatoms. The van der Waals surface area contributed by atoms with Gasteiger partial charge in [-0.1, -0.05) is 85.7 Å². The van der Waals surface area contributed by atoms with Crippen LogP contribution in [0.3, 0.4) is 0 Å². The molecule has 12 aromatic rings. The third-order valence-electron chi connectivity index (χ3n) is 25.4. The van der Waals surface area contributed by atoms with Gasteiger partial charge in [-0.05, 0) is 187 Å². The minimum atomic E-state index is -0.663. The van der Waals surface area contributed by atoms with Crippen molar-refractivity contribution in [3.05, 3.63) is 250 Å². The summed E-state index contributed by atoms with van der Waals surface area (Å²) in [6.07, 6.45) is 20.3. The number of carbonyl (C=O) groups is 1. The molecule has 0 unspecified atom stereocenters. The summed E-state index contributed by atoms with van der Waals surface area (Å²) in [5.41, 5.74) is 8.98. The van der Waals surface area contributed by atoms with Crippen LogP contribution in [0, 0.1) is 63.0 Å².